The van der Waals surface area contributed by atoms with E-state index in [9.17, 15) is 4.79 Å². The van der Waals surface area contributed by atoms with Crippen LogP contribution in [0, 0.1) is 0 Å². The number of rotatable bonds is 1. The van der Waals surface area contributed by atoms with Gasteiger partial charge in [-0.25, -0.2) is 4.79 Å². The Balaban J connectivity index is 2.30. The van der Waals surface area contributed by atoms with Crippen molar-refractivity contribution in [2.75, 3.05) is 13.7 Å². The molecule has 0 N–H and O–H groups in total. The van der Waals surface area contributed by atoms with Gasteiger partial charge in [-0.05, 0) is 0 Å². The molecule has 0 saturated carbocycles. The van der Waals surface area contributed by atoms with Gasteiger partial charge in [0.2, 0.25) is 0 Å². The average molecular weight is 146 g/mol. The van der Waals surface area contributed by atoms with Crippen molar-refractivity contribution >= 4 is 6.16 Å². The Bertz CT molecular complexity index is 161. The molecule has 0 radical (unpaired) electrons. The van der Waals surface area contributed by atoms with E-state index in [1.54, 1.807) is 0 Å². The molecule has 1 aliphatic heterocycles. The van der Waals surface area contributed by atoms with E-state index >= 15 is 0 Å². The van der Waals surface area contributed by atoms with Crippen molar-refractivity contribution in [3.63, 3.8) is 0 Å². The molecule has 0 bridgehead atoms. The van der Waals surface area contributed by atoms with Crippen LogP contribution in [0.3, 0.4) is 0 Å². The molecule has 0 saturated heterocycles. The summed E-state index contributed by atoms with van der Waals surface area (Å²) in [5, 5.41) is 0. The summed E-state index contributed by atoms with van der Waals surface area (Å²) in [5.41, 5.74) is 0. The number of methoxy groups -OCH3 is 1. The van der Waals surface area contributed by atoms with E-state index in [1.165, 1.54) is 13.4 Å². The molecule has 1 heterocycles. The minimum Gasteiger partial charge on any atom is -0.437 e. The fourth-order valence-corrected chi connectivity index (χ4v) is 0.416. The maximum atomic E-state index is 10.4. The Hall–Kier alpha value is -1.23. The average Bonchev–Trinajstić information content (AvgIpc) is 2.40. The Labute approximate surface area is 57.0 Å². The van der Waals surface area contributed by atoms with Gasteiger partial charge in [0.15, 0.2) is 18.6 Å². The number of hydrogen-bond acceptors (Lipinski definition) is 5. The summed E-state index contributed by atoms with van der Waals surface area (Å²) in [7, 11) is 1.22. The van der Waals surface area contributed by atoms with E-state index in [0.717, 1.165) is 0 Å². The smallest absolute Gasteiger partial charge is 0.437 e. The van der Waals surface area contributed by atoms with E-state index in [0.29, 0.717) is 5.76 Å². The summed E-state index contributed by atoms with van der Waals surface area (Å²) in [5.74, 6) is 0.298. The third kappa shape index (κ3) is 1.63. The second kappa shape index (κ2) is 3.07. The van der Waals surface area contributed by atoms with Crippen molar-refractivity contribution in [1.82, 2.24) is 0 Å². The molecule has 0 aliphatic carbocycles. The lowest BCUT2D eigenvalue weighted by Gasteiger charge is -1.97. The molecule has 5 nitrogen and oxygen atoms in total. The van der Waals surface area contributed by atoms with E-state index < -0.39 is 6.16 Å². The summed E-state index contributed by atoms with van der Waals surface area (Å²) in [6, 6.07) is 0. The summed E-state index contributed by atoms with van der Waals surface area (Å²) in [4.78, 5) is 19.1. The molecule has 56 valence electrons. The van der Waals surface area contributed by atoms with Gasteiger partial charge in [0.25, 0.3) is 0 Å². The second-order valence-corrected chi connectivity index (χ2v) is 1.50. The highest BCUT2D eigenvalue weighted by Crippen LogP contribution is 2.07. The van der Waals surface area contributed by atoms with Gasteiger partial charge < -0.3 is 14.4 Å². The van der Waals surface area contributed by atoms with Crippen LogP contribution >= 0.6 is 0 Å². The third-order valence-corrected chi connectivity index (χ3v) is 0.830. The first-order valence-corrected chi connectivity index (χ1v) is 2.56. The first-order chi connectivity index (χ1) is 4.83. The van der Waals surface area contributed by atoms with Crippen molar-refractivity contribution in [2.24, 2.45) is 0 Å². The van der Waals surface area contributed by atoms with Crippen LogP contribution in [0.25, 0.3) is 0 Å². The van der Waals surface area contributed by atoms with Crippen LogP contribution in [0.1, 0.15) is 0 Å². The lowest BCUT2D eigenvalue weighted by molar-refractivity contribution is -0.222. The number of ether oxygens (including phenoxy) is 2. The molecule has 0 atom stereocenters. The van der Waals surface area contributed by atoms with Crippen LogP contribution in [0.2, 0.25) is 0 Å². The van der Waals surface area contributed by atoms with Crippen LogP contribution in [0.4, 0.5) is 4.79 Å². The van der Waals surface area contributed by atoms with Crippen LogP contribution in [0.15, 0.2) is 12.0 Å². The lowest BCUT2D eigenvalue weighted by atomic mass is 10.6. The molecular formula is C5H6O5. The van der Waals surface area contributed by atoms with Gasteiger partial charge in [0.05, 0.1) is 7.11 Å². The standard InChI is InChI=1S/C5H6O5/c1-7-5(6)10-4-2-8-9-3-4/h2H,3H2,1H3. The summed E-state index contributed by atoms with van der Waals surface area (Å²) >= 11 is 0. The van der Waals surface area contributed by atoms with Gasteiger partial charge in [-0.15, -0.1) is 0 Å². The van der Waals surface area contributed by atoms with Crippen molar-refractivity contribution in [1.29, 1.82) is 0 Å². The van der Waals surface area contributed by atoms with E-state index in [1.807, 2.05) is 0 Å². The highest BCUT2D eigenvalue weighted by atomic mass is 17.2. The zero-order valence-corrected chi connectivity index (χ0v) is 5.33. The molecule has 1 aliphatic rings. The minimum absolute atomic E-state index is 0.134. The van der Waals surface area contributed by atoms with E-state index in [2.05, 4.69) is 19.2 Å². The quantitative estimate of drug-likeness (QED) is 0.400. The van der Waals surface area contributed by atoms with Gasteiger partial charge in [0.1, 0.15) is 0 Å². The Morgan fingerprint density at radius 1 is 1.80 bits per heavy atom. The SMILES string of the molecule is COC(=O)OC1=COOC1. The topological polar surface area (TPSA) is 54.0 Å². The van der Waals surface area contributed by atoms with Gasteiger partial charge in [-0.2, -0.15) is 4.89 Å². The Morgan fingerprint density at radius 3 is 3.10 bits per heavy atom. The van der Waals surface area contributed by atoms with Gasteiger partial charge in [-0.1, -0.05) is 0 Å². The molecule has 0 aromatic carbocycles. The van der Waals surface area contributed by atoms with E-state index in [4.69, 9.17) is 0 Å². The predicted molar refractivity (Wildman–Crippen MR) is 28.6 cm³/mol. The molecule has 0 aromatic heterocycles. The molecule has 0 unspecified atom stereocenters. The van der Waals surface area contributed by atoms with Crippen LogP contribution in [0.5, 0.6) is 0 Å². The highest BCUT2D eigenvalue weighted by molar-refractivity contribution is 5.61. The van der Waals surface area contributed by atoms with E-state index in [-0.39, 0.29) is 6.61 Å². The maximum Gasteiger partial charge on any atom is 0.513 e. The number of hydrogen-bond donors (Lipinski definition) is 0. The van der Waals surface area contributed by atoms with Crippen LogP contribution in [-0.2, 0) is 19.2 Å². The first kappa shape index (κ1) is 6.88. The fourth-order valence-electron chi connectivity index (χ4n) is 0.416. The zero-order valence-electron chi connectivity index (χ0n) is 5.33. The molecule has 5 heteroatoms. The van der Waals surface area contributed by atoms with Crippen molar-refractivity contribution < 1.29 is 24.0 Å². The maximum absolute atomic E-state index is 10.4. The zero-order chi connectivity index (χ0) is 7.40. The lowest BCUT2D eigenvalue weighted by Crippen LogP contribution is -2.04. The monoisotopic (exact) mass is 146 g/mol. The normalized spacial score (nSPS) is 15.5. The molecule has 0 amide bonds. The summed E-state index contributed by atoms with van der Waals surface area (Å²) in [6.45, 7) is 0.134. The third-order valence-electron chi connectivity index (χ3n) is 0.830. The number of carbonyl (C=O) groups is 1. The Kier molecular flexibility index (Phi) is 2.11. The second-order valence-electron chi connectivity index (χ2n) is 1.50. The summed E-state index contributed by atoms with van der Waals surface area (Å²) in [6.07, 6.45) is 0.414. The molecule has 0 spiro atoms. The van der Waals surface area contributed by atoms with Crippen molar-refractivity contribution in [3.8, 4) is 0 Å². The first-order valence-electron chi connectivity index (χ1n) is 2.56. The molecular weight excluding hydrogens is 140 g/mol. The predicted octanol–water partition coefficient (Wildman–Crippen LogP) is 0.573. The minimum atomic E-state index is -0.777. The molecule has 1 rings (SSSR count). The van der Waals surface area contributed by atoms with Gasteiger partial charge in [-0.3, -0.25) is 0 Å². The Morgan fingerprint density at radius 2 is 2.60 bits per heavy atom. The van der Waals surface area contributed by atoms with Crippen LogP contribution < -0.4 is 0 Å². The van der Waals surface area contributed by atoms with Gasteiger partial charge in [0, 0.05) is 0 Å². The van der Waals surface area contributed by atoms with Crippen molar-refractivity contribution in [2.45, 2.75) is 0 Å². The van der Waals surface area contributed by atoms with Crippen molar-refractivity contribution in [3.05, 3.63) is 12.0 Å². The molecule has 10 heavy (non-hydrogen) atoms. The molecule has 0 aromatic rings. The van der Waals surface area contributed by atoms with Crippen LogP contribution in [-0.4, -0.2) is 19.9 Å². The fraction of sp³-hybridized carbons (Fsp3) is 0.400. The number of carbonyl (C=O) groups excluding carboxylic acids is 1. The summed E-state index contributed by atoms with van der Waals surface area (Å²) < 4.78 is 8.71. The molecule has 0 fully saturated rings. The highest BCUT2D eigenvalue weighted by Gasteiger charge is 2.12. The van der Waals surface area contributed by atoms with Gasteiger partial charge >= 0.3 is 6.16 Å². The largest absolute Gasteiger partial charge is 0.513 e.